The standard InChI is InChI=1S/C11H13NO2/c1-7-2-3-8(11(13)14)9(6-7)10-4-5-12-10/h2-3,6,10,12H,4-5H2,1H3,(H,13,14)/t10-/m1/s1. The third-order valence-corrected chi connectivity index (χ3v) is 2.64. The first-order valence-electron chi connectivity index (χ1n) is 4.75. The van der Waals surface area contributed by atoms with Gasteiger partial charge in [-0.2, -0.15) is 0 Å². The van der Waals surface area contributed by atoms with Crippen molar-refractivity contribution in [3.8, 4) is 0 Å². The molecule has 1 aromatic rings. The summed E-state index contributed by atoms with van der Waals surface area (Å²) in [7, 11) is 0. The molecule has 1 atom stereocenters. The van der Waals surface area contributed by atoms with Crippen molar-refractivity contribution in [1.82, 2.24) is 5.32 Å². The molecule has 0 spiro atoms. The number of carbonyl (C=O) groups is 1. The first-order chi connectivity index (χ1) is 6.68. The minimum absolute atomic E-state index is 0.237. The number of hydrogen-bond acceptors (Lipinski definition) is 2. The molecule has 0 bridgehead atoms. The third-order valence-electron chi connectivity index (χ3n) is 2.64. The predicted octanol–water partition coefficient (Wildman–Crippen LogP) is 1.73. The largest absolute Gasteiger partial charge is 0.478 e. The van der Waals surface area contributed by atoms with Crippen LogP contribution in [0.1, 0.15) is 33.9 Å². The highest BCUT2D eigenvalue weighted by Crippen LogP contribution is 2.26. The third kappa shape index (κ3) is 1.51. The number of nitrogens with one attached hydrogen (secondary N) is 1. The maximum Gasteiger partial charge on any atom is 0.336 e. The SMILES string of the molecule is Cc1ccc(C(=O)O)c([C@H]2CCN2)c1. The summed E-state index contributed by atoms with van der Waals surface area (Å²) < 4.78 is 0. The zero-order valence-electron chi connectivity index (χ0n) is 8.08. The lowest BCUT2D eigenvalue weighted by Gasteiger charge is -2.29. The molecule has 3 heteroatoms. The first-order valence-corrected chi connectivity index (χ1v) is 4.75. The zero-order chi connectivity index (χ0) is 10.1. The molecule has 0 unspecified atom stereocenters. The van der Waals surface area contributed by atoms with Gasteiger partial charge in [-0.1, -0.05) is 17.7 Å². The number of carboxylic acid groups (broad SMARTS) is 1. The van der Waals surface area contributed by atoms with E-state index in [4.69, 9.17) is 5.11 Å². The molecule has 1 saturated heterocycles. The summed E-state index contributed by atoms with van der Waals surface area (Å²) in [5, 5.41) is 12.2. The molecule has 2 N–H and O–H groups in total. The quantitative estimate of drug-likeness (QED) is 0.748. The summed E-state index contributed by atoms with van der Waals surface area (Å²) in [5.74, 6) is -0.839. The van der Waals surface area contributed by atoms with Gasteiger partial charge in [0.25, 0.3) is 0 Å². The fourth-order valence-corrected chi connectivity index (χ4v) is 1.72. The van der Waals surface area contributed by atoms with E-state index in [1.165, 1.54) is 0 Å². The van der Waals surface area contributed by atoms with Gasteiger partial charge in [0.1, 0.15) is 0 Å². The molecule has 14 heavy (non-hydrogen) atoms. The number of carboxylic acids is 1. The molecule has 0 radical (unpaired) electrons. The Morgan fingerprint density at radius 1 is 1.57 bits per heavy atom. The van der Waals surface area contributed by atoms with Crippen LogP contribution in [0.15, 0.2) is 18.2 Å². The summed E-state index contributed by atoms with van der Waals surface area (Å²) in [6, 6.07) is 5.72. The fraction of sp³-hybridized carbons (Fsp3) is 0.364. The van der Waals surface area contributed by atoms with Gasteiger partial charge in [0, 0.05) is 6.04 Å². The zero-order valence-corrected chi connectivity index (χ0v) is 8.08. The van der Waals surface area contributed by atoms with Crippen molar-refractivity contribution in [2.75, 3.05) is 6.54 Å². The molecule has 1 aliphatic rings. The van der Waals surface area contributed by atoms with Gasteiger partial charge < -0.3 is 10.4 Å². The summed E-state index contributed by atoms with van der Waals surface area (Å²) >= 11 is 0. The van der Waals surface area contributed by atoms with E-state index in [2.05, 4.69) is 5.32 Å². The second-order valence-electron chi connectivity index (χ2n) is 3.69. The normalized spacial score (nSPS) is 20.2. The van der Waals surface area contributed by atoms with Crippen molar-refractivity contribution in [1.29, 1.82) is 0 Å². The number of aryl methyl sites for hydroxylation is 1. The van der Waals surface area contributed by atoms with E-state index < -0.39 is 5.97 Å². The van der Waals surface area contributed by atoms with E-state index in [1.54, 1.807) is 6.07 Å². The van der Waals surface area contributed by atoms with Crippen molar-refractivity contribution >= 4 is 5.97 Å². The van der Waals surface area contributed by atoms with Crippen LogP contribution < -0.4 is 5.32 Å². The van der Waals surface area contributed by atoms with Gasteiger partial charge in [0.2, 0.25) is 0 Å². The maximum absolute atomic E-state index is 10.9. The molecule has 1 aromatic carbocycles. The summed E-state index contributed by atoms with van der Waals surface area (Å²) in [4.78, 5) is 10.9. The molecule has 0 aliphatic carbocycles. The monoisotopic (exact) mass is 191 g/mol. The van der Waals surface area contributed by atoms with Crippen LogP contribution in [0.5, 0.6) is 0 Å². The number of benzene rings is 1. The number of rotatable bonds is 2. The topological polar surface area (TPSA) is 49.3 Å². The lowest BCUT2D eigenvalue weighted by Crippen LogP contribution is -2.36. The van der Waals surface area contributed by atoms with E-state index in [0.717, 1.165) is 24.1 Å². The van der Waals surface area contributed by atoms with Gasteiger partial charge in [-0.25, -0.2) is 4.79 Å². The van der Waals surface area contributed by atoms with Gasteiger partial charge in [0.15, 0.2) is 0 Å². The van der Waals surface area contributed by atoms with Crippen LogP contribution in [0.25, 0.3) is 0 Å². The fourth-order valence-electron chi connectivity index (χ4n) is 1.72. The second kappa shape index (κ2) is 3.42. The lowest BCUT2D eigenvalue weighted by atomic mass is 9.92. The predicted molar refractivity (Wildman–Crippen MR) is 53.5 cm³/mol. The van der Waals surface area contributed by atoms with E-state index in [-0.39, 0.29) is 6.04 Å². The maximum atomic E-state index is 10.9. The minimum Gasteiger partial charge on any atom is -0.478 e. The number of aromatic carboxylic acids is 1. The molecule has 0 saturated carbocycles. The Hall–Kier alpha value is -1.35. The Bertz CT molecular complexity index is 370. The molecular weight excluding hydrogens is 178 g/mol. The molecule has 74 valence electrons. The number of hydrogen-bond donors (Lipinski definition) is 2. The van der Waals surface area contributed by atoms with Crippen molar-refractivity contribution in [2.45, 2.75) is 19.4 Å². The van der Waals surface area contributed by atoms with Crippen LogP contribution >= 0.6 is 0 Å². The van der Waals surface area contributed by atoms with Gasteiger partial charge in [-0.15, -0.1) is 0 Å². The van der Waals surface area contributed by atoms with Crippen LogP contribution in [0, 0.1) is 6.92 Å². The van der Waals surface area contributed by atoms with Crippen LogP contribution in [0.4, 0.5) is 0 Å². The molecule has 1 aliphatic heterocycles. The van der Waals surface area contributed by atoms with E-state index in [1.807, 2.05) is 19.1 Å². The van der Waals surface area contributed by atoms with Crippen LogP contribution in [-0.4, -0.2) is 17.6 Å². The molecule has 0 aromatic heterocycles. The Labute approximate surface area is 82.8 Å². The summed E-state index contributed by atoms with van der Waals surface area (Å²) in [6.07, 6.45) is 1.03. The first kappa shape index (κ1) is 9.21. The highest BCUT2D eigenvalue weighted by molar-refractivity contribution is 5.89. The van der Waals surface area contributed by atoms with E-state index >= 15 is 0 Å². The molecule has 1 fully saturated rings. The van der Waals surface area contributed by atoms with Gasteiger partial charge in [-0.3, -0.25) is 0 Å². The van der Waals surface area contributed by atoms with Crippen molar-refractivity contribution in [2.24, 2.45) is 0 Å². The van der Waals surface area contributed by atoms with E-state index in [0.29, 0.717) is 5.56 Å². The van der Waals surface area contributed by atoms with Crippen molar-refractivity contribution in [3.63, 3.8) is 0 Å². The highest BCUT2D eigenvalue weighted by Gasteiger charge is 2.23. The molecule has 2 rings (SSSR count). The van der Waals surface area contributed by atoms with Crippen molar-refractivity contribution < 1.29 is 9.90 Å². The van der Waals surface area contributed by atoms with Crippen LogP contribution in [0.2, 0.25) is 0 Å². The van der Waals surface area contributed by atoms with Crippen LogP contribution in [0.3, 0.4) is 0 Å². The average molecular weight is 191 g/mol. The Balaban J connectivity index is 2.42. The smallest absolute Gasteiger partial charge is 0.336 e. The van der Waals surface area contributed by atoms with Crippen LogP contribution in [-0.2, 0) is 0 Å². The van der Waals surface area contributed by atoms with Gasteiger partial charge >= 0.3 is 5.97 Å². The minimum atomic E-state index is -0.839. The second-order valence-corrected chi connectivity index (χ2v) is 3.69. The Morgan fingerprint density at radius 3 is 2.79 bits per heavy atom. The lowest BCUT2D eigenvalue weighted by molar-refractivity contribution is 0.0694. The molecular formula is C11H13NO2. The highest BCUT2D eigenvalue weighted by atomic mass is 16.4. The Morgan fingerprint density at radius 2 is 2.29 bits per heavy atom. The van der Waals surface area contributed by atoms with Crippen molar-refractivity contribution in [3.05, 3.63) is 34.9 Å². The molecule has 1 heterocycles. The average Bonchev–Trinajstić information content (AvgIpc) is 2.00. The van der Waals surface area contributed by atoms with Gasteiger partial charge in [0.05, 0.1) is 5.56 Å². The summed E-state index contributed by atoms with van der Waals surface area (Å²) in [6.45, 7) is 2.96. The molecule has 3 nitrogen and oxygen atoms in total. The summed E-state index contributed by atoms with van der Waals surface area (Å²) in [5.41, 5.74) is 2.45. The van der Waals surface area contributed by atoms with E-state index in [9.17, 15) is 4.79 Å². The molecule has 0 amide bonds. The van der Waals surface area contributed by atoms with Gasteiger partial charge in [-0.05, 0) is 31.5 Å². The Kier molecular flexibility index (Phi) is 2.25.